The van der Waals surface area contributed by atoms with E-state index >= 15 is 0 Å². The van der Waals surface area contributed by atoms with Gasteiger partial charge in [0.15, 0.2) is 6.29 Å². The Labute approximate surface area is 175 Å². The third-order valence-electron chi connectivity index (χ3n) is 1.66. The number of carbonyl (C=O) groups excluding carboxylic acids is 1. The first-order valence-electron chi connectivity index (χ1n) is 7.32. The van der Waals surface area contributed by atoms with Crippen molar-refractivity contribution < 1.29 is 48.9 Å². The summed E-state index contributed by atoms with van der Waals surface area (Å²) >= 11 is 0. The topological polar surface area (TPSA) is 206 Å². The smallest absolute Gasteiger partial charge is 0.855 e. The van der Waals surface area contributed by atoms with E-state index in [4.69, 9.17) is 30.4 Å². The Morgan fingerprint density at radius 2 is 1.77 bits per heavy atom. The quantitative estimate of drug-likeness (QED) is 0.291. The summed E-state index contributed by atoms with van der Waals surface area (Å²) in [6.07, 6.45) is 1.33. The average Bonchev–Trinajstić information content (AvgIpc) is 2.48. The fraction of sp³-hybridized carbons (Fsp3) is 0.571. The number of anilines is 1. The van der Waals surface area contributed by atoms with Crippen LogP contribution in [0.25, 0.3) is 0 Å². The van der Waals surface area contributed by atoms with Crippen molar-refractivity contribution in [2.75, 3.05) is 25.6 Å². The van der Waals surface area contributed by atoms with Crippen LogP contribution in [0.1, 0.15) is 27.2 Å². The predicted molar refractivity (Wildman–Crippen MR) is 90.9 cm³/mol. The van der Waals surface area contributed by atoms with E-state index in [0.717, 1.165) is 0 Å². The number of ether oxygens (including phenoxy) is 2. The Morgan fingerprint density at radius 3 is 2.00 bits per heavy atom. The molecule has 7 N–H and O–H groups in total. The first kappa shape index (κ1) is 32.0. The number of rotatable bonds is 5. The van der Waals surface area contributed by atoms with Crippen LogP contribution in [-0.4, -0.2) is 42.1 Å². The summed E-state index contributed by atoms with van der Waals surface area (Å²) in [7, 11) is 0. The van der Waals surface area contributed by atoms with Crippen LogP contribution in [0.4, 0.5) is 10.6 Å². The first-order chi connectivity index (χ1) is 11.8. The van der Waals surface area contributed by atoms with Crippen LogP contribution in [0.3, 0.4) is 0 Å². The van der Waals surface area contributed by atoms with Gasteiger partial charge < -0.3 is 31.8 Å². The number of hydrogen-bond donors (Lipinski definition) is 4. The number of amides is 2. The van der Waals surface area contributed by atoms with Crippen LogP contribution in [-0.2, 0) is 9.47 Å². The maximum atomic E-state index is 10.2. The molecule has 11 nitrogen and oxygen atoms in total. The van der Waals surface area contributed by atoms with Crippen LogP contribution in [0.15, 0.2) is 17.1 Å². The second kappa shape index (κ2) is 25.6. The molecular weight excluding hydrogens is 355 g/mol. The van der Waals surface area contributed by atoms with E-state index in [9.17, 15) is 4.79 Å². The molecule has 1 heterocycles. The molecule has 2 amide bonds. The molecule has 0 aliphatic rings. The van der Waals surface area contributed by atoms with Gasteiger partial charge in [-0.1, -0.05) is 6.92 Å². The van der Waals surface area contributed by atoms with Crippen LogP contribution in [0, 0.1) is 11.3 Å². The fourth-order valence-electron chi connectivity index (χ4n) is 0.995. The number of primary amides is 2. The zero-order valence-corrected chi connectivity index (χ0v) is 17.7. The zero-order chi connectivity index (χ0) is 20.1. The molecule has 144 valence electrons. The number of nitrogen functional groups attached to an aromatic ring is 1. The first-order valence-corrected chi connectivity index (χ1v) is 7.32. The number of nitrogens with zero attached hydrogens (tertiary/aromatic N) is 2. The van der Waals surface area contributed by atoms with Gasteiger partial charge in [0.1, 0.15) is 5.82 Å². The van der Waals surface area contributed by atoms with Gasteiger partial charge in [-0.05, 0) is 19.9 Å². The molecule has 0 fully saturated rings. The van der Waals surface area contributed by atoms with Crippen LogP contribution >= 0.6 is 0 Å². The molecule has 0 spiro atoms. The number of nitriles is 1. The van der Waals surface area contributed by atoms with Gasteiger partial charge in [0.25, 0.3) is 0 Å². The second-order valence-electron chi connectivity index (χ2n) is 3.72. The van der Waals surface area contributed by atoms with Gasteiger partial charge in [-0.3, -0.25) is 4.98 Å². The van der Waals surface area contributed by atoms with Gasteiger partial charge in [0, 0.05) is 19.4 Å². The van der Waals surface area contributed by atoms with Crippen LogP contribution in [0.2, 0.25) is 0 Å². The minimum Gasteiger partial charge on any atom is -0.855 e. The minimum absolute atomic E-state index is 0. The molecule has 0 saturated heterocycles. The van der Waals surface area contributed by atoms with Crippen molar-refractivity contribution in [3.63, 3.8) is 0 Å². The van der Waals surface area contributed by atoms with Gasteiger partial charge in [0.05, 0.1) is 12.5 Å². The number of aromatic amines is 1. The van der Waals surface area contributed by atoms with Crippen molar-refractivity contribution >= 4 is 11.8 Å². The summed E-state index contributed by atoms with van der Waals surface area (Å²) in [4.78, 5) is 24.9. The minimum atomic E-state index is -0.833. The standard InChI is InChI=1S/C7H13NO2.C4H5N3O.C2H5O.CH4N2O.Na/c1-3-9-7(5-6-8)10-4-2;5-3-1-2-6-4(8)7-3;1-2-3;2-1(3)4;/h7H,3-5H2,1-2H3;1-2H,(H3,5,6,7,8);2H2,1H3;(H4,2,3,4);/q;;-1;;+1. The summed E-state index contributed by atoms with van der Waals surface area (Å²) < 4.78 is 10.2. The molecule has 0 atom stereocenters. The van der Waals surface area contributed by atoms with Crippen molar-refractivity contribution in [1.29, 1.82) is 5.26 Å². The molecule has 1 aromatic rings. The van der Waals surface area contributed by atoms with Gasteiger partial charge in [-0.2, -0.15) is 5.26 Å². The maximum Gasteiger partial charge on any atom is 1.00 e. The molecule has 0 bridgehead atoms. The molecule has 0 unspecified atom stereocenters. The molecule has 26 heavy (non-hydrogen) atoms. The van der Waals surface area contributed by atoms with E-state index in [2.05, 4.69) is 21.4 Å². The van der Waals surface area contributed by atoms with Crippen molar-refractivity contribution in [3.8, 4) is 6.07 Å². The van der Waals surface area contributed by atoms with Gasteiger partial charge in [0.2, 0.25) is 0 Å². The summed E-state index contributed by atoms with van der Waals surface area (Å²) in [5.74, 6) is 0.338. The Morgan fingerprint density at radius 1 is 1.35 bits per heavy atom. The Hall–Kier alpha value is -1.68. The Bertz CT molecular complexity index is 513. The molecule has 0 aliphatic heterocycles. The van der Waals surface area contributed by atoms with Crippen LogP contribution in [0.5, 0.6) is 0 Å². The maximum absolute atomic E-state index is 10.2. The molecule has 0 aromatic carbocycles. The summed E-state index contributed by atoms with van der Waals surface area (Å²) in [6.45, 7) is 6.51. The monoisotopic (exact) mass is 382 g/mol. The van der Waals surface area contributed by atoms with E-state index in [1.807, 2.05) is 19.9 Å². The number of hydrogen-bond acceptors (Lipinski definition) is 8. The molecule has 0 saturated carbocycles. The van der Waals surface area contributed by atoms with Gasteiger partial charge in [-0.25, -0.2) is 14.6 Å². The third kappa shape index (κ3) is 33.8. The van der Waals surface area contributed by atoms with E-state index in [1.54, 1.807) is 6.92 Å². The van der Waals surface area contributed by atoms with E-state index in [-0.39, 0.29) is 42.5 Å². The zero-order valence-electron chi connectivity index (χ0n) is 15.7. The van der Waals surface area contributed by atoms with Crippen molar-refractivity contribution in [2.24, 2.45) is 11.5 Å². The number of nitrogens with two attached hydrogens (primary N) is 3. The Kier molecular flexibility index (Phi) is 31.5. The molecule has 1 rings (SSSR count). The molecule has 0 radical (unpaired) electrons. The second-order valence-corrected chi connectivity index (χ2v) is 3.72. The number of aromatic nitrogens is 2. The molecule has 1 aromatic heterocycles. The van der Waals surface area contributed by atoms with Crippen LogP contribution < -0.4 is 57.6 Å². The number of urea groups is 1. The normalized spacial score (nSPS) is 8.15. The van der Waals surface area contributed by atoms with Gasteiger partial charge >= 0.3 is 41.3 Å². The van der Waals surface area contributed by atoms with Gasteiger partial charge in [-0.15, -0.1) is 6.61 Å². The van der Waals surface area contributed by atoms with Crippen molar-refractivity contribution in [1.82, 2.24) is 9.97 Å². The summed E-state index contributed by atoms with van der Waals surface area (Å²) in [6, 6.07) is 2.67. The molecule has 12 heteroatoms. The predicted octanol–water partition coefficient (Wildman–Crippen LogP) is -3.95. The van der Waals surface area contributed by atoms with Crippen molar-refractivity contribution in [2.45, 2.75) is 33.5 Å². The summed E-state index contributed by atoms with van der Waals surface area (Å²) in [5, 5.41) is 17.2. The number of nitrogens with one attached hydrogen (secondary N) is 1. The van der Waals surface area contributed by atoms with Crippen molar-refractivity contribution in [3.05, 3.63) is 22.7 Å². The SMILES string of the molecule is CCOC(CC#N)OCC.CC[O-].NC(N)=O.Nc1ccnc(=O)[nH]1.[Na+]. The van der Waals surface area contributed by atoms with E-state index in [0.29, 0.717) is 25.5 Å². The average molecular weight is 382 g/mol. The fourth-order valence-corrected chi connectivity index (χ4v) is 0.995. The summed E-state index contributed by atoms with van der Waals surface area (Å²) in [5.41, 5.74) is 13.3. The van der Waals surface area contributed by atoms with E-state index < -0.39 is 11.7 Å². The molecule has 0 aliphatic carbocycles. The molecular formula is C14H27N6NaO5. The third-order valence-corrected chi connectivity index (χ3v) is 1.66. The Balaban J connectivity index is -0.000000135. The number of H-pyrrole nitrogens is 1. The number of carbonyl (C=O) groups is 1. The largest absolute Gasteiger partial charge is 1.00 e. The van der Waals surface area contributed by atoms with E-state index in [1.165, 1.54) is 12.3 Å².